The molecule has 102 valence electrons. The molecule has 0 radical (unpaired) electrons. The van der Waals surface area contributed by atoms with Gasteiger partial charge in [0.15, 0.2) is 0 Å². The van der Waals surface area contributed by atoms with E-state index in [2.05, 4.69) is 11.7 Å². The molecule has 0 rings (SSSR count). The highest BCUT2D eigenvalue weighted by Gasteiger charge is 2.04. The van der Waals surface area contributed by atoms with E-state index in [-0.39, 0.29) is 12.7 Å². The van der Waals surface area contributed by atoms with Crippen LogP contribution in [0.25, 0.3) is 0 Å². The summed E-state index contributed by atoms with van der Waals surface area (Å²) >= 11 is 0. The first kappa shape index (κ1) is 16.2. The molecule has 0 spiro atoms. The van der Waals surface area contributed by atoms with Crippen LogP contribution in [0, 0.1) is 0 Å². The van der Waals surface area contributed by atoms with Crippen molar-refractivity contribution in [2.45, 2.75) is 70.8 Å². The Labute approximate surface area is 104 Å². The Balaban J connectivity index is 3.17. The minimum atomic E-state index is -1.22. The molecule has 2 N–H and O–H groups in total. The van der Waals surface area contributed by atoms with E-state index in [1.54, 1.807) is 0 Å². The zero-order chi connectivity index (χ0) is 12.9. The Kier molecular flexibility index (Phi) is 11.2. The van der Waals surface area contributed by atoms with Crippen molar-refractivity contribution in [2.75, 3.05) is 6.61 Å². The molecule has 0 amide bonds. The highest BCUT2D eigenvalue weighted by molar-refractivity contribution is 5.56. The van der Waals surface area contributed by atoms with Gasteiger partial charge >= 0.3 is 6.16 Å². The van der Waals surface area contributed by atoms with Gasteiger partial charge in [-0.15, -0.1) is 0 Å². The number of carbonyl (C=O) groups is 1. The first-order valence-electron chi connectivity index (χ1n) is 6.70. The molecule has 0 heterocycles. The van der Waals surface area contributed by atoms with Crippen molar-refractivity contribution >= 4 is 6.16 Å². The number of hydrogen-bond donors (Lipinski definition) is 2. The van der Waals surface area contributed by atoms with Crippen LogP contribution in [0.2, 0.25) is 0 Å². The fourth-order valence-electron chi connectivity index (χ4n) is 1.77. The normalized spacial score (nSPS) is 12.4. The molecule has 4 heteroatoms. The van der Waals surface area contributed by atoms with Gasteiger partial charge in [-0.2, -0.15) is 0 Å². The molecule has 1 atom stereocenters. The Morgan fingerprint density at radius 3 is 2.24 bits per heavy atom. The summed E-state index contributed by atoms with van der Waals surface area (Å²) in [4.78, 5) is 10.1. The van der Waals surface area contributed by atoms with E-state index < -0.39 is 6.16 Å². The van der Waals surface area contributed by atoms with Crippen LogP contribution < -0.4 is 0 Å². The van der Waals surface area contributed by atoms with Crippen LogP contribution in [0.15, 0.2) is 0 Å². The molecule has 0 fully saturated rings. The van der Waals surface area contributed by atoms with Crippen LogP contribution in [0.1, 0.15) is 64.7 Å². The van der Waals surface area contributed by atoms with Gasteiger partial charge < -0.3 is 14.9 Å². The number of unbranched alkanes of at least 4 members (excludes halogenated alkanes) is 5. The molecule has 0 aliphatic heterocycles. The van der Waals surface area contributed by atoms with Gasteiger partial charge in [-0.25, -0.2) is 4.79 Å². The van der Waals surface area contributed by atoms with E-state index in [0.717, 1.165) is 25.7 Å². The van der Waals surface area contributed by atoms with Crippen LogP contribution in [-0.2, 0) is 4.74 Å². The molecule has 17 heavy (non-hydrogen) atoms. The zero-order valence-electron chi connectivity index (χ0n) is 10.9. The van der Waals surface area contributed by atoms with Gasteiger partial charge in [-0.05, 0) is 25.7 Å². The number of ether oxygens (including phenoxy) is 1. The van der Waals surface area contributed by atoms with Crippen molar-refractivity contribution in [3.63, 3.8) is 0 Å². The van der Waals surface area contributed by atoms with E-state index in [4.69, 9.17) is 5.11 Å². The van der Waals surface area contributed by atoms with Crippen LogP contribution in [0.5, 0.6) is 0 Å². The standard InChI is InChI=1S/C13H26O4/c1-2-3-4-5-6-9-12(14)10-7-8-11-17-13(15)16/h12,14H,2-11H2,1H3,(H,15,16). The predicted octanol–water partition coefficient (Wildman–Crippen LogP) is 3.57. The largest absolute Gasteiger partial charge is 0.505 e. The van der Waals surface area contributed by atoms with Crippen molar-refractivity contribution < 1.29 is 19.7 Å². The third kappa shape index (κ3) is 13.2. The minimum Gasteiger partial charge on any atom is -0.450 e. The Hall–Kier alpha value is -0.770. The number of rotatable bonds is 11. The molecule has 0 aliphatic rings. The quantitative estimate of drug-likeness (QED) is 0.432. The van der Waals surface area contributed by atoms with Crippen LogP contribution in [0.4, 0.5) is 4.79 Å². The molecule has 0 aliphatic carbocycles. The molecule has 0 aromatic heterocycles. The van der Waals surface area contributed by atoms with Gasteiger partial charge in [0.25, 0.3) is 0 Å². The van der Waals surface area contributed by atoms with Gasteiger partial charge in [0.1, 0.15) is 0 Å². The summed E-state index contributed by atoms with van der Waals surface area (Å²) in [5.74, 6) is 0. The lowest BCUT2D eigenvalue weighted by molar-refractivity contribution is 0.0877. The second-order valence-electron chi connectivity index (χ2n) is 4.47. The van der Waals surface area contributed by atoms with E-state index in [1.807, 2.05) is 0 Å². The lowest BCUT2D eigenvalue weighted by Gasteiger charge is -2.09. The number of aliphatic hydroxyl groups is 1. The maximum Gasteiger partial charge on any atom is 0.505 e. The summed E-state index contributed by atoms with van der Waals surface area (Å²) in [5, 5.41) is 17.9. The van der Waals surface area contributed by atoms with Gasteiger partial charge in [0, 0.05) is 0 Å². The average molecular weight is 246 g/mol. The smallest absolute Gasteiger partial charge is 0.450 e. The second-order valence-corrected chi connectivity index (χ2v) is 4.47. The van der Waals surface area contributed by atoms with Crippen LogP contribution in [-0.4, -0.2) is 29.1 Å². The molecule has 0 aromatic carbocycles. The molecule has 0 saturated heterocycles. The third-order valence-corrected chi connectivity index (χ3v) is 2.80. The lowest BCUT2D eigenvalue weighted by atomic mass is 10.0. The van der Waals surface area contributed by atoms with Crippen molar-refractivity contribution in [1.29, 1.82) is 0 Å². The first-order chi connectivity index (χ1) is 8.16. The van der Waals surface area contributed by atoms with Crippen molar-refractivity contribution in [3.8, 4) is 0 Å². The maximum atomic E-state index is 10.1. The van der Waals surface area contributed by atoms with Gasteiger partial charge in [-0.1, -0.05) is 39.0 Å². The Morgan fingerprint density at radius 1 is 1.06 bits per heavy atom. The molecule has 0 aromatic rings. The van der Waals surface area contributed by atoms with Gasteiger partial charge in [0.05, 0.1) is 12.7 Å². The van der Waals surface area contributed by atoms with Crippen LogP contribution in [0.3, 0.4) is 0 Å². The van der Waals surface area contributed by atoms with E-state index in [1.165, 1.54) is 25.7 Å². The minimum absolute atomic E-state index is 0.235. The fourth-order valence-corrected chi connectivity index (χ4v) is 1.77. The number of hydrogen-bond acceptors (Lipinski definition) is 3. The third-order valence-electron chi connectivity index (χ3n) is 2.80. The zero-order valence-corrected chi connectivity index (χ0v) is 10.9. The summed E-state index contributed by atoms with van der Waals surface area (Å²) in [6.45, 7) is 2.42. The highest BCUT2D eigenvalue weighted by atomic mass is 16.7. The van der Waals surface area contributed by atoms with E-state index in [9.17, 15) is 9.90 Å². The van der Waals surface area contributed by atoms with Gasteiger partial charge in [0.2, 0.25) is 0 Å². The average Bonchev–Trinajstić information content (AvgIpc) is 2.28. The monoisotopic (exact) mass is 246 g/mol. The summed E-state index contributed by atoms with van der Waals surface area (Å²) in [6, 6.07) is 0. The second kappa shape index (κ2) is 11.7. The summed E-state index contributed by atoms with van der Waals surface area (Å²) in [6.07, 6.45) is 7.75. The topological polar surface area (TPSA) is 66.8 Å². The predicted molar refractivity (Wildman–Crippen MR) is 67.2 cm³/mol. The van der Waals surface area contributed by atoms with E-state index >= 15 is 0 Å². The summed E-state index contributed by atoms with van der Waals surface area (Å²) < 4.78 is 4.38. The molecule has 0 saturated carbocycles. The highest BCUT2D eigenvalue weighted by Crippen LogP contribution is 2.11. The number of aliphatic hydroxyl groups excluding tert-OH is 1. The Morgan fingerprint density at radius 2 is 1.65 bits per heavy atom. The number of carboxylic acid groups (broad SMARTS) is 1. The molecule has 1 unspecified atom stereocenters. The van der Waals surface area contributed by atoms with Crippen molar-refractivity contribution in [2.24, 2.45) is 0 Å². The van der Waals surface area contributed by atoms with Gasteiger partial charge in [-0.3, -0.25) is 0 Å². The summed E-state index contributed by atoms with van der Waals surface area (Å²) in [5.41, 5.74) is 0. The SMILES string of the molecule is CCCCCCCC(O)CCCCOC(=O)O. The molecular formula is C13H26O4. The lowest BCUT2D eigenvalue weighted by Crippen LogP contribution is -2.07. The first-order valence-corrected chi connectivity index (χ1v) is 6.70. The van der Waals surface area contributed by atoms with Crippen molar-refractivity contribution in [3.05, 3.63) is 0 Å². The Bertz CT molecular complexity index is 182. The maximum absolute atomic E-state index is 10.1. The summed E-state index contributed by atoms with van der Waals surface area (Å²) in [7, 11) is 0. The molecular weight excluding hydrogens is 220 g/mol. The van der Waals surface area contributed by atoms with Crippen LogP contribution >= 0.6 is 0 Å². The fraction of sp³-hybridized carbons (Fsp3) is 0.923. The van der Waals surface area contributed by atoms with E-state index in [0.29, 0.717) is 6.42 Å². The molecule has 4 nitrogen and oxygen atoms in total. The molecule has 0 bridgehead atoms. The van der Waals surface area contributed by atoms with Crippen molar-refractivity contribution in [1.82, 2.24) is 0 Å².